The molecule has 0 unspecified atom stereocenters. The van der Waals surface area contributed by atoms with E-state index in [-0.39, 0.29) is 30.1 Å². The number of carbonyl (C=O) groups is 2. The van der Waals surface area contributed by atoms with Crippen LogP contribution >= 0.6 is 23.4 Å². The van der Waals surface area contributed by atoms with Gasteiger partial charge in [0.05, 0.1) is 11.8 Å². The van der Waals surface area contributed by atoms with Crippen LogP contribution in [0.1, 0.15) is 35.6 Å². The third kappa shape index (κ3) is 5.20. The number of nitrogens with one attached hydrogen (secondary N) is 1. The Labute approximate surface area is 217 Å². The van der Waals surface area contributed by atoms with Gasteiger partial charge in [0.15, 0.2) is 5.17 Å². The minimum absolute atomic E-state index is 0.0511. The van der Waals surface area contributed by atoms with Gasteiger partial charge in [-0.1, -0.05) is 65.8 Å². The van der Waals surface area contributed by atoms with Gasteiger partial charge in [-0.3, -0.25) is 9.59 Å². The molecule has 0 radical (unpaired) electrons. The van der Waals surface area contributed by atoms with Crippen molar-refractivity contribution in [1.82, 2.24) is 5.01 Å². The molecule has 9 heteroatoms. The molecule has 0 aliphatic carbocycles. The van der Waals surface area contributed by atoms with Gasteiger partial charge in [0.1, 0.15) is 11.1 Å². The summed E-state index contributed by atoms with van der Waals surface area (Å²) >= 11 is 7.29. The molecule has 0 spiro atoms. The van der Waals surface area contributed by atoms with Crippen LogP contribution in [0.25, 0.3) is 0 Å². The standard InChI is InChI=1S/C27H22ClFN4O2S/c1-16-13-20(11-12-21(16)29)30-25(34)15-24-26(35)31-27(36-24)33-23(18-5-3-2-4-6-18)14-22(32-33)17-7-9-19(28)10-8-17/h2-13,23-24H,14-15H2,1H3,(H,30,34)/t23-,24-/m1/s1. The molecule has 0 saturated carbocycles. The summed E-state index contributed by atoms with van der Waals surface area (Å²) in [5, 5.41) is 9.80. The van der Waals surface area contributed by atoms with E-state index in [0.717, 1.165) is 16.8 Å². The first-order valence-electron chi connectivity index (χ1n) is 11.4. The topological polar surface area (TPSA) is 74.1 Å². The maximum atomic E-state index is 13.5. The van der Waals surface area contributed by atoms with Crippen molar-refractivity contribution in [2.24, 2.45) is 10.1 Å². The van der Waals surface area contributed by atoms with Crippen LogP contribution in [-0.2, 0) is 9.59 Å². The first kappa shape index (κ1) is 24.2. The second-order valence-electron chi connectivity index (χ2n) is 8.58. The van der Waals surface area contributed by atoms with E-state index in [9.17, 15) is 14.0 Å². The molecule has 1 N–H and O–H groups in total. The normalized spacial score (nSPS) is 19.3. The number of hydrazone groups is 1. The van der Waals surface area contributed by atoms with Crippen LogP contribution < -0.4 is 5.32 Å². The van der Waals surface area contributed by atoms with Crippen molar-refractivity contribution < 1.29 is 14.0 Å². The van der Waals surface area contributed by atoms with E-state index in [2.05, 4.69) is 10.3 Å². The number of amidine groups is 1. The van der Waals surface area contributed by atoms with E-state index in [1.807, 2.05) is 54.6 Å². The predicted molar refractivity (Wildman–Crippen MR) is 142 cm³/mol. The molecule has 3 aromatic carbocycles. The summed E-state index contributed by atoms with van der Waals surface area (Å²) in [4.78, 5) is 29.6. The molecular formula is C27H22ClFN4O2S. The molecule has 0 fully saturated rings. The van der Waals surface area contributed by atoms with Gasteiger partial charge >= 0.3 is 0 Å². The smallest absolute Gasteiger partial charge is 0.262 e. The van der Waals surface area contributed by atoms with E-state index < -0.39 is 5.25 Å². The Kier molecular flexibility index (Phi) is 6.89. The van der Waals surface area contributed by atoms with Crippen molar-refractivity contribution in [3.05, 3.63) is 100 Å². The largest absolute Gasteiger partial charge is 0.326 e. The fourth-order valence-electron chi connectivity index (χ4n) is 4.15. The summed E-state index contributed by atoms with van der Waals surface area (Å²) in [5.74, 6) is -1.05. The van der Waals surface area contributed by atoms with Crippen LogP contribution in [0.4, 0.5) is 10.1 Å². The second kappa shape index (κ2) is 10.2. The lowest BCUT2D eigenvalue weighted by Crippen LogP contribution is -2.25. The minimum Gasteiger partial charge on any atom is -0.326 e. The Bertz CT molecular complexity index is 1380. The van der Waals surface area contributed by atoms with Crippen molar-refractivity contribution in [1.29, 1.82) is 0 Å². The van der Waals surface area contributed by atoms with Gasteiger partial charge in [-0.2, -0.15) is 10.1 Å². The molecule has 5 rings (SSSR count). The number of benzene rings is 3. The van der Waals surface area contributed by atoms with E-state index >= 15 is 0 Å². The number of rotatable bonds is 5. The van der Waals surface area contributed by atoms with E-state index in [1.165, 1.54) is 23.9 Å². The highest BCUT2D eigenvalue weighted by atomic mass is 35.5. The Balaban J connectivity index is 1.33. The molecule has 0 bridgehead atoms. The van der Waals surface area contributed by atoms with Gasteiger partial charge in [0.25, 0.3) is 5.91 Å². The van der Waals surface area contributed by atoms with Crippen LogP contribution in [0.15, 0.2) is 82.9 Å². The number of thioether (sulfide) groups is 1. The van der Waals surface area contributed by atoms with Crippen molar-refractivity contribution in [3.8, 4) is 0 Å². The lowest BCUT2D eigenvalue weighted by atomic mass is 9.99. The average Bonchev–Trinajstić information content (AvgIpc) is 3.46. The number of amides is 2. The molecule has 36 heavy (non-hydrogen) atoms. The zero-order chi connectivity index (χ0) is 25.2. The van der Waals surface area contributed by atoms with Crippen LogP contribution in [0.2, 0.25) is 5.02 Å². The summed E-state index contributed by atoms with van der Waals surface area (Å²) in [6.45, 7) is 1.62. The first-order valence-corrected chi connectivity index (χ1v) is 12.7. The summed E-state index contributed by atoms with van der Waals surface area (Å²) < 4.78 is 13.5. The number of aliphatic imine (C=N–C) groups is 1. The first-order chi connectivity index (χ1) is 17.4. The van der Waals surface area contributed by atoms with Crippen molar-refractivity contribution >= 4 is 51.7 Å². The van der Waals surface area contributed by atoms with Gasteiger partial charge in [0, 0.05) is 23.6 Å². The Morgan fingerprint density at radius 3 is 2.61 bits per heavy atom. The lowest BCUT2D eigenvalue weighted by Gasteiger charge is -2.23. The minimum atomic E-state index is -0.659. The van der Waals surface area contributed by atoms with Gasteiger partial charge < -0.3 is 5.32 Å². The highest BCUT2D eigenvalue weighted by Gasteiger charge is 2.39. The SMILES string of the molecule is Cc1cc(NC(=O)C[C@H]2SC(N3N=C(c4ccc(Cl)cc4)C[C@@H]3c3ccccc3)=NC2=O)ccc1F. The maximum Gasteiger partial charge on any atom is 0.262 e. The molecule has 2 amide bonds. The highest BCUT2D eigenvalue weighted by molar-refractivity contribution is 8.15. The third-order valence-electron chi connectivity index (χ3n) is 6.01. The van der Waals surface area contributed by atoms with Crippen molar-refractivity contribution in [2.45, 2.75) is 31.1 Å². The maximum absolute atomic E-state index is 13.5. The second-order valence-corrected chi connectivity index (χ2v) is 10.2. The molecule has 3 aromatic rings. The number of nitrogens with zero attached hydrogens (tertiary/aromatic N) is 3. The van der Waals surface area contributed by atoms with Gasteiger partial charge in [-0.15, -0.1) is 0 Å². The molecule has 0 saturated heterocycles. The van der Waals surface area contributed by atoms with Gasteiger partial charge in [-0.25, -0.2) is 9.40 Å². The van der Waals surface area contributed by atoms with Crippen LogP contribution in [0.5, 0.6) is 0 Å². The molecule has 2 atom stereocenters. The monoisotopic (exact) mass is 520 g/mol. The van der Waals surface area contributed by atoms with Crippen LogP contribution in [-0.4, -0.2) is 33.0 Å². The summed E-state index contributed by atoms with van der Waals surface area (Å²) in [6, 6.07) is 21.6. The molecule has 2 heterocycles. The fraction of sp³-hybridized carbons (Fsp3) is 0.185. The molecule has 6 nitrogen and oxygen atoms in total. The zero-order valence-corrected chi connectivity index (χ0v) is 20.9. The number of hydrogen-bond donors (Lipinski definition) is 1. The Morgan fingerprint density at radius 1 is 1.14 bits per heavy atom. The number of halogens is 2. The lowest BCUT2D eigenvalue weighted by molar-refractivity contribution is -0.121. The van der Waals surface area contributed by atoms with Crippen LogP contribution in [0, 0.1) is 12.7 Å². The molecular weight excluding hydrogens is 499 g/mol. The number of anilines is 1. The van der Waals surface area contributed by atoms with Gasteiger partial charge in [-0.05, 0) is 53.9 Å². The highest BCUT2D eigenvalue weighted by Crippen LogP contribution is 2.38. The molecule has 182 valence electrons. The Morgan fingerprint density at radius 2 is 1.89 bits per heavy atom. The van der Waals surface area contributed by atoms with E-state index in [4.69, 9.17) is 16.7 Å². The number of aryl methyl sites for hydroxylation is 1. The fourth-order valence-corrected chi connectivity index (χ4v) is 5.33. The van der Waals surface area contributed by atoms with Gasteiger partial charge in [0.2, 0.25) is 5.91 Å². The van der Waals surface area contributed by atoms with Crippen molar-refractivity contribution in [2.75, 3.05) is 5.32 Å². The van der Waals surface area contributed by atoms with Crippen molar-refractivity contribution in [3.63, 3.8) is 0 Å². The summed E-state index contributed by atoms with van der Waals surface area (Å²) in [6.07, 6.45) is 0.582. The quantitative estimate of drug-likeness (QED) is 0.450. The number of carbonyl (C=O) groups excluding carboxylic acids is 2. The molecule has 2 aliphatic heterocycles. The predicted octanol–water partition coefficient (Wildman–Crippen LogP) is 5.97. The Hall–Kier alpha value is -3.49. The number of hydrogen-bond acceptors (Lipinski definition) is 5. The zero-order valence-electron chi connectivity index (χ0n) is 19.3. The molecule has 0 aromatic heterocycles. The average molecular weight is 521 g/mol. The summed E-state index contributed by atoms with van der Waals surface area (Å²) in [5.41, 5.74) is 3.78. The van der Waals surface area contributed by atoms with E-state index in [0.29, 0.717) is 27.9 Å². The van der Waals surface area contributed by atoms with E-state index in [1.54, 1.807) is 18.0 Å². The molecule has 2 aliphatic rings. The summed E-state index contributed by atoms with van der Waals surface area (Å²) in [7, 11) is 0. The third-order valence-corrected chi connectivity index (χ3v) is 7.40. The van der Waals surface area contributed by atoms with Crippen LogP contribution in [0.3, 0.4) is 0 Å².